The summed E-state index contributed by atoms with van der Waals surface area (Å²) in [4.78, 5) is 2.27. The van der Waals surface area contributed by atoms with E-state index in [1.54, 1.807) is 24.4 Å². The lowest BCUT2D eigenvalue weighted by atomic mass is 10.2. The van der Waals surface area contributed by atoms with E-state index in [9.17, 15) is 4.39 Å². The van der Waals surface area contributed by atoms with Crippen molar-refractivity contribution in [1.82, 2.24) is 14.9 Å². The van der Waals surface area contributed by atoms with Gasteiger partial charge in [0.1, 0.15) is 5.82 Å². The number of aromatic amines is 1. The minimum atomic E-state index is -0.374. The monoisotopic (exact) mass is 369 g/mol. The van der Waals surface area contributed by atoms with Crippen LogP contribution >= 0.6 is 12.2 Å². The average Bonchev–Trinajstić information content (AvgIpc) is 3.03. The third kappa shape index (κ3) is 3.72. The summed E-state index contributed by atoms with van der Waals surface area (Å²) in [5.41, 5.74) is 2.43. The second kappa shape index (κ2) is 8.05. The van der Waals surface area contributed by atoms with E-state index >= 15 is 0 Å². The first-order valence-electron chi connectivity index (χ1n) is 8.45. The smallest absolute Gasteiger partial charge is 0.216 e. The van der Waals surface area contributed by atoms with Crippen molar-refractivity contribution in [3.05, 3.63) is 64.7 Å². The Bertz CT molecular complexity index is 955. The fourth-order valence-electron chi connectivity index (χ4n) is 2.70. The molecule has 0 saturated heterocycles. The Balaban J connectivity index is 1.89. The van der Waals surface area contributed by atoms with E-state index in [1.807, 2.05) is 12.1 Å². The molecule has 7 heteroatoms. The Labute approximate surface area is 156 Å². The van der Waals surface area contributed by atoms with E-state index < -0.39 is 0 Å². The molecular weight excluding hydrogens is 349 g/mol. The van der Waals surface area contributed by atoms with Gasteiger partial charge in [-0.05, 0) is 55.9 Å². The van der Waals surface area contributed by atoms with Crippen LogP contribution < -0.4 is 4.90 Å². The standard InChI is InChI=1S/C19H20FN5S/c1-3-24(4-2)15-11-9-14(10-12-15)13-21-25-18(22-23-19(25)26)16-7-5-6-8-17(16)20/h5-13H,3-4H2,1-2H3,(H,23,26)/b21-13+. The van der Waals surface area contributed by atoms with Crippen LogP contribution in [0.1, 0.15) is 19.4 Å². The van der Waals surface area contributed by atoms with Gasteiger partial charge in [-0.1, -0.05) is 24.3 Å². The summed E-state index contributed by atoms with van der Waals surface area (Å²) in [5, 5.41) is 11.2. The van der Waals surface area contributed by atoms with Crippen LogP contribution in [0, 0.1) is 10.6 Å². The molecule has 26 heavy (non-hydrogen) atoms. The summed E-state index contributed by atoms with van der Waals surface area (Å²) in [6.07, 6.45) is 1.68. The Kier molecular flexibility index (Phi) is 5.58. The molecule has 0 amide bonds. The SMILES string of the molecule is CCN(CC)c1ccc(/C=N/n2c(-c3ccccc3F)n[nH]c2=S)cc1. The van der Waals surface area contributed by atoms with Gasteiger partial charge in [-0.25, -0.2) is 9.49 Å². The highest BCUT2D eigenvalue weighted by Crippen LogP contribution is 2.20. The van der Waals surface area contributed by atoms with Gasteiger partial charge in [0.05, 0.1) is 11.8 Å². The highest BCUT2D eigenvalue weighted by atomic mass is 32.1. The van der Waals surface area contributed by atoms with E-state index in [1.165, 1.54) is 16.4 Å². The van der Waals surface area contributed by atoms with Crippen LogP contribution in [0.3, 0.4) is 0 Å². The lowest BCUT2D eigenvalue weighted by molar-refractivity contribution is 0.628. The molecule has 0 atom stereocenters. The number of nitrogens with zero attached hydrogens (tertiary/aromatic N) is 4. The maximum absolute atomic E-state index is 14.1. The van der Waals surface area contributed by atoms with Crippen molar-refractivity contribution in [1.29, 1.82) is 0 Å². The van der Waals surface area contributed by atoms with E-state index in [-0.39, 0.29) is 5.82 Å². The van der Waals surface area contributed by atoms with Crippen molar-refractivity contribution in [2.45, 2.75) is 13.8 Å². The van der Waals surface area contributed by atoms with Crippen LogP contribution in [-0.2, 0) is 0 Å². The Morgan fingerprint density at radius 1 is 1.15 bits per heavy atom. The molecule has 0 aliphatic rings. The van der Waals surface area contributed by atoms with Crippen LogP contribution in [0.2, 0.25) is 0 Å². The predicted octanol–water partition coefficient (Wildman–Crippen LogP) is 4.48. The third-order valence-corrected chi connectivity index (χ3v) is 4.37. The second-order valence-corrected chi connectivity index (χ2v) is 6.04. The zero-order chi connectivity index (χ0) is 18.5. The topological polar surface area (TPSA) is 49.2 Å². The molecule has 0 bridgehead atoms. The van der Waals surface area contributed by atoms with Crippen LogP contribution in [0.4, 0.5) is 10.1 Å². The molecule has 0 unspecified atom stereocenters. The molecule has 0 aliphatic carbocycles. The number of halogens is 1. The number of aromatic nitrogens is 3. The van der Waals surface area contributed by atoms with Gasteiger partial charge in [0, 0.05) is 18.8 Å². The van der Waals surface area contributed by atoms with Crippen LogP contribution in [-0.4, -0.2) is 34.2 Å². The summed E-state index contributed by atoms with van der Waals surface area (Å²) < 4.78 is 15.8. The molecular formula is C19H20FN5S. The first-order chi connectivity index (χ1) is 12.6. The van der Waals surface area contributed by atoms with Gasteiger partial charge in [-0.2, -0.15) is 14.9 Å². The average molecular weight is 369 g/mol. The first kappa shape index (κ1) is 18.0. The van der Waals surface area contributed by atoms with E-state index in [0.29, 0.717) is 16.2 Å². The predicted molar refractivity (Wildman–Crippen MR) is 106 cm³/mol. The maximum atomic E-state index is 14.1. The van der Waals surface area contributed by atoms with Crippen molar-refractivity contribution in [2.75, 3.05) is 18.0 Å². The summed E-state index contributed by atoms with van der Waals surface area (Å²) >= 11 is 5.22. The number of rotatable bonds is 6. The first-order valence-corrected chi connectivity index (χ1v) is 8.86. The highest BCUT2D eigenvalue weighted by Gasteiger charge is 2.12. The minimum Gasteiger partial charge on any atom is -0.372 e. The Morgan fingerprint density at radius 2 is 1.85 bits per heavy atom. The molecule has 1 aromatic heterocycles. The summed E-state index contributed by atoms with van der Waals surface area (Å²) in [6, 6.07) is 14.5. The van der Waals surface area contributed by atoms with Crippen LogP contribution in [0.25, 0.3) is 11.4 Å². The van der Waals surface area contributed by atoms with Crippen molar-refractivity contribution in [3.63, 3.8) is 0 Å². The molecule has 3 aromatic rings. The van der Waals surface area contributed by atoms with E-state index in [2.05, 4.69) is 46.2 Å². The molecule has 0 spiro atoms. The lowest BCUT2D eigenvalue weighted by Gasteiger charge is -2.20. The molecule has 5 nitrogen and oxygen atoms in total. The lowest BCUT2D eigenvalue weighted by Crippen LogP contribution is -2.21. The fourth-order valence-corrected chi connectivity index (χ4v) is 2.88. The molecule has 3 rings (SSSR count). The third-order valence-electron chi connectivity index (χ3n) is 4.11. The molecule has 1 N–H and O–H groups in total. The van der Waals surface area contributed by atoms with Crippen molar-refractivity contribution < 1.29 is 4.39 Å². The van der Waals surface area contributed by atoms with E-state index in [4.69, 9.17) is 12.2 Å². The highest BCUT2D eigenvalue weighted by molar-refractivity contribution is 7.71. The van der Waals surface area contributed by atoms with Crippen LogP contribution in [0.15, 0.2) is 53.6 Å². The number of hydrogen-bond donors (Lipinski definition) is 1. The molecule has 134 valence electrons. The number of nitrogens with one attached hydrogen (secondary N) is 1. The Hall–Kier alpha value is -2.80. The molecule has 2 aromatic carbocycles. The van der Waals surface area contributed by atoms with Gasteiger partial charge in [-0.15, -0.1) is 0 Å². The zero-order valence-electron chi connectivity index (χ0n) is 14.7. The number of benzene rings is 2. The van der Waals surface area contributed by atoms with Gasteiger partial charge in [0.25, 0.3) is 0 Å². The molecule has 0 saturated carbocycles. The van der Waals surface area contributed by atoms with Crippen molar-refractivity contribution in [3.8, 4) is 11.4 Å². The number of anilines is 1. The van der Waals surface area contributed by atoms with Gasteiger partial charge in [0.2, 0.25) is 4.77 Å². The zero-order valence-corrected chi connectivity index (χ0v) is 15.5. The number of hydrogen-bond acceptors (Lipinski definition) is 4. The van der Waals surface area contributed by atoms with E-state index in [0.717, 1.165) is 18.7 Å². The quantitative estimate of drug-likeness (QED) is 0.515. The summed E-state index contributed by atoms with van der Waals surface area (Å²) in [6.45, 7) is 6.17. The molecule has 0 aliphatic heterocycles. The van der Waals surface area contributed by atoms with Gasteiger partial charge < -0.3 is 4.90 Å². The fraction of sp³-hybridized carbons (Fsp3) is 0.211. The Morgan fingerprint density at radius 3 is 2.50 bits per heavy atom. The van der Waals surface area contributed by atoms with Gasteiger partial charge in [-0.3, -0.25) is 0 Å². The number of H-pyrrole nitrogens is 1. The minimum absolute atomic E-state index is 0.305. The molecule has 0 radical (unpaired) electrons. The van der Waals surface area contributed by atoms with Crippen molar-refractivity contribution in [2.24, 2.45) is 5.10 Å². The summed E-state index contributed by atoms with van der Waals surface area (Å²) in [7, 11) is 0. The van der Waals surface area contributed by atoms with Crippen molar-refractivity contribution >= 4 is 24.1 Å². The van der Waals surface area contributed by atoms with Gasteiger partial charge >= 0.3 is 0 Å². The maximum Gasteiger partial charge on any atom is 0.216 e. The molecule has 1 heterocycles. The van der Waals surface area contributed by atoms with Gasteiger partial charge in [0.15, 0.2) is 5.82 Å². The molecule has 0 fully saturated rings. The normalized spacial score (nSPS) is 11.2. The summed E-state index contributed by atoms with van der Waals surface area (Å²) in [5.74, 6) is -0.0364. The van der Waals surface area contributed by atoms with Crippen LogP contribution in [0.5, 0.6) is 0 Å². The largest absolute Gasteiger partial charge is 0.372 e. The second-order valence-electron chi connectivity index (χ2n) is 5.65.